The largest absolute Gasteiger partial charge is 0.330 e. The number of nitrogens with one attached hydrogen (secondary N) is 1. The van der Waals surface area contributed by atoms with Crippen molar-refractivity contribution in [3.05, 3.63) is 64.4 Å². The lowest BCUT2D eigenvalue weighted by atomic mass is 9.80. The third kappa shape index (κ3) is 4.25. The number of nitrogens with zero attached hydrogens (tertiary/aromatic N) is 3. The van der Waals surface area contributed by atoms with Crippen LogP contribution in [0.5, 0.6) is 0 Å². The number of fused-ring (bicyclic) bond motifs is 2. The van der Waals surface area contributed by atoms with Crippen LogP contribution in [-0.4, -0.2) is 53.2 Å². The van der Waals surface area contributed by atoms with Gasteiger partial charge in [-0.05, 0) is 42.2 Å². The lowest BCUT2D eigenvalue weighted by molar-refractivity contribution is -0.136. The number of carbonyl (C=O) groups is 3. The summed E-state index contributed by atoms with van der Waals surface area (Å²) in [5.41, 5.74) is 0.512. The van der Waals surface area contributed by atoms with E-state index in [4.69, 9.17) is 11.6 Å². The van der Waals surface area contributed by atoms with Crippen molar-refractivity contribution in [3.63, 3.8) is 0 Å². The summed E-state index contributed by atoms with van der Waals surface area (Å²) in [6.45, 7) is 3.90. The lowest BCUT2D eigenvalue weighted by Gasteiger charge is -2.33. The van der Waals surface area contributed by atoms with Gasteiger partial charge >= 0.3 is 0 Å². The first-order chi connectivity index (χ1) is 16.6. The van der Waals surface area contributed by atoms with Gasteiger partial charge in [-0.3, -0.25) is 14.4 Å². The van der Waals surface area contributed by atoms with Gasteiger partial charge in [-0.2, -0.15) is 5.26 Å². The second-order valence-electron chi connectivity index (χ2n) is 9.58. The average molecular weight is 497 g/mol. The molecule has 0 aliphatic carbocycles. The van der Waals surface area contributed by atoms with Crippen LogP contribution in [-0.2, 0) is 15.0 Å². The van der Waals surface area contributed by atoms with Crippen molar-refractivity contribution in [1.29, 1.82) is 5.26 Å². The molecule has 2 aromatic rings. The van der Waals surface area contributed by atoms with Crippen LogP contribution < -0.4 is 5.32 Å². The second-order valence-corrected chi connectivity index (χ2v) is 9.99. The van der Waals surface area contributed by atoms with Crippen molar-refractivity contribution in [2.45, 2.75) is 44.2 Å². The van der Waals surface area contributed by atoms with E-state index in [2.05, 4.69) is 11.4 Å². The summed E-state index contributed by atoms with van der Waals surface area (Å²) in [6, 6.07) is 11.2. The van der Waals surface area contributed by atoms with Crippen LogP contribution >= 0.6 is 11.6 Å². The SMILES string of the molecule is CC(C)C[C@@H](C(=O)N1C[C@]2(C[C@H]1C#N)C(=O)Nc1ccccc12)N(C)C(=O)c1ccc(F)cc1Cl. The number of likely N-dealkylation sites (tertiary alicyclic amines) is 1. The minimum absolute atomic E-state index is 0.0425. The van der Waals surface area contributed by atoms with Crippen molar-refractivity contribution in [2.75, 3.05) is 18.9 Å². The highest BCUT2D eigenvalue weighted by Crippen LogP contribution is 2.46. The van der Waals surface area contributed by atoms with Crippen molar-refractivity contribution in [3.8, 4) is 6.07 Å². The topological polar surface area (TPSA) is 93.5 Å². The highest BCUT2D eigenvalue weighted by Gasteiger charge is 2.56. The highest BCUT2D eigenvalue weighted by molar-refractivity contribution is 6.33. The molecule has 0 unspecified atom stereocenters. The van der Waals surface area contributed by atoms with Crippen LogP contribution in [0.4, 0.5) is 10.1 Å². The van der Waals surface area contributed by atoms with Gasteiger partial charge in [0.15, 0.2) is 0 Å². The number of carbonyl (C=O) groups excluding carboxylic acids is 3. The average Bonchev–Trinajstić information content (AvgIpc) is 3.34. The van der Waals surface area contributed by atoms with E-state index >= 15 is 0 Å². The van der Waals surface area contributed by atoms with Crippen LogP contribution in [0.25, 0.3) is 0 Å². The predicted molar refractivity (Wildman–Crippen MR) is 129 cm³/mol. The molecule has 3 atom stereocenters. The Balaban J connectivity index is 1.67. The van der Waals surface area contributed by atoms with Gasteiger partial charge in [0.05, 0.1) is 22.1 Å². The van der Waals surface area contributed by atoms with E-state index in [0.29, 0.717) is 12.1 Å². The van der Waals surface area contributed by atoms with E-state index in [9.17, 15) is 24.0 Å². The van der Waals surface area contributed by atoms with E-state index < -0.39 is 35.1 Å². The number of likely N-dealkylation sites (N-methyl/N-ethyl adjacent to an activating group) is 1. The molecule has 3 amide bonds. The molecule has 0 saturated carbocycles. The van der Waals surface area contributed by atoms with Crippen LogP contribution in [0, 0.1) is 23.1 Å². The Morgan fingerprint density at radius 1 is 1.31 bits per heavy atom. The number of nitriles is 1. The standard InChI is InChI=1S/C26H26ClFN4O3/c1-15(2)10-22(31(3)23(33)18-9-8-16(28)11-20(18)27)24(34)32-14-26(12-17(32)13-29)19-6-4-5-7-21(19)30-25(26)35/h4-9,11,15,17,22H,10,12,14H2,1-3H3,(H,30,35)/t17-,22-,26-/m0/s1. The van der Waals surface area contributed by atoms with Crippen LogP contribution in [0.1, 0.15) is 42.6 Å². The number of hydrogen-bond acceptors (Lipinski definition) is 4. The van der Waals surface area contributed by atoms with Gasteiger partial charge in [-0.1, -0.05) is 43.6 Å². The van der Waals surface area contributed by atoms with Crippen molar-refractivity contribution >= 4 is 35.0 Å². The zero-order valence-electron chi connectivity index (χ0n) is 19.7. The fourth-order valence-corrected chi connectivity index (χ4v) is 5.29. The highest BCUT2D eigenvalue weighted by atomic mass is 35.5. The van der Waals surface area contributed by atoms with Gasteiger partial charge in [0.1, 0.15) is 17.9 Å². The molecule has 1 N–H and O–H groups in total. The summed E-state index contributed by atoms with van der Waals surface area (Å²) in [6.07, 6.45) is 0.512. The summed E-state index contributed by atoms with van der Waals surface area (Å²) in [4.78, 5) is 42.9. The molecule has 0 bridgehead atoms. The number of hydrogen-bond donors (Lipinski definition) is 1. The monoisotopic (exact) mass is 496 g/mol. The Bertz CT molecular complexity index is 1240. The molecule has 9 heteroatoms. The van der Waals surface area contributed by atoms with Crippen LogP contribution in [0.3, 0.4) is 0 Å². The van der Waals surface area contributed by atoms with Crippen LogP contribution in [0.15, 0.2) is 42.5 Å². The minimum atomic E-state index is -1.02. The Morgan fingerprint density at radius 2 is 2.03 bits per heavy atom. The van der Waals surface area contributed by atoms with E-state index in [1.54, 1.807) is 6.07 Å². The predicted octanol–water partition coefficient (Wildman–Crippen LogP) is 3.98. The molecule has 1 spiro atoms. The van der Waals surface area contributed by atoms with Gasteiger partial charge in [-0.15, -0.1) is 0 Å². The Morgan fingerprint density at radius 3 is 2.69 bits per heavy atom. The van der Waals surface area contributed by atoms with Crippen molar-refractivity contribution < 1.29 is 18.8 Å². The molecule has 7 nitrogen and oxygen atoms in total. The quantitative estimate of drug-likeness (QED) is 0.677. The Hall–Kier alpha value is -3.44. The smallest absolute Gasteiger partial charge is 0.255 e. The first kappa shape index (κ1) is 24.7. The molecule has 1 saturated heterocycles. The fraction of sp³-hybridized carbons (Fsp3) is 0.385. The van der Waals surface area contributed by atoms with Gasteiger partial charge in [0.25, 0.3) is 5.91 Å². The maximum atomic E-state index is 13.9. The third-order valence-corrected chi connectivity index (χ3v) is 7.16. The maximum absolute atomic E-state index is 13.9. The zero-order valence-corrected chi connectivity index (χ0v) is 20.5. The molecule has 1 fully saturated rings. The number of amides is 3. The molecule has 0 aromatic heterocycles. The molecular weight excluding hydrogens is 471 g/mol. The van der Waals surface area contributed by atoms with Crippen molar-refractivity contribution in [2.24, 2.45) is 5.92 Å². The third-order valence-electron chi connectivity index (χ3n) is 6.84. The normalized spacial score (nSPS) is 21.6. The van der Waals surface area contributed by atoms with Gasteiger partial charge in [0, 0.05) is 25.7 Å². The molecule has 2 heterocycles. The summed E-state index contributed by atoms with van der Waals surface area (Å²) in [5.74, 6) is -1.69. The molecule has 182 valence electrons. The number of para-hydroxylation sites is 1. The first-order valence-electron chi connectivity index (χ1n) is 11.4. The number of halogens is 2. The van der Waals surface area contributed by atoms with E-state index in [0.717, 1.165) is 17.7 Å². The summed E-state index contributed by atoms with van der Waals surface area (Å²) >= 11 is 6.11. The van der Waals surface area contributed by atoms with Gasteiger partial charge in [-0.25, -0.2) is 4.39 Å². The van der Waals surface area contributed by atoms with E-state index in [1.165, 1.54) is 22.9 Å². The molecular formula is C26H26ClFN4O3. The molecule has 2 aliphatic rings. The Kier molecular flexibility index (Phi) is 6.56. The van der Waals surface area contributed by atoms with Crippen molar-refractivity contribution in [1.82, 2.24) is 9.80 Å². The van der Waals surface area contributed by atoms with Gasteiger partial charge < -0.3 is 15.1 Å². The number of benzene rings is 2. The minimum Gasteiger partial charge on any atom is -0.330 e. The van der Waals surface area contributed by atoms with Gasteiger partial charge in [0.2, 0.25) is 11.8 Å². The lowest BCUT2D eigenvalue weighted by Crippen LogP contribution is -2.52. The summed E-state index contributed by atoms with van der Waals surface area (Å²) < 4.78 is 13.5. The Labute approximate surface area is 208 Å². The molecule has 35 heavy (non-hydrogen) atoms. The molecule has 4 rings (SSSR count). The molecule has 2 aromatic carbocycles. The number of anilines is 1. The maximum Gasteiger partial charge on any atom is 0.255 e. The van der Waals surface area contributed by atoms with Crippen LogP contribution in [0.2, 0.25) is 5.02 Å². The first-order valence-corrected chi connectivity index (χ1v) is 11.8. The zero-order chi connectivity index (χ0) is 25.5. The van der Waals surface area contributed by atoms with E-state index in [-0.39, 0.29) is 35.4 Å². The second kappa shape index (κ2) is 9.31. The fourth-order valence-electron chi connectivity index (χ4n) is 5.04. The molecule has 0 radical (unpaired) electrons. The summed E-state index contributed by atoms with van der Waals surface area (Å²) in [7, 11) is 1.50. The van der Waals surface area contributed by atoms with E-state index in [1.807, 2.05) is 32.0 Å². The molecule has 2 aliphatic heterocycles. The number of rotatable bonds is 5. The summed E-state index contributed by atoms with van der Waals surface area (Å²) in [5, 5.41) is 12.7.